The number of para-hydroxylation sites is 3. The SMILES string of the molecule is C1=CC2=CC3=C(CC2CC1)c1ccccc1N(c1ccc(-c2ccc4oc5ccccc5c4c2)cc1)c1ccccc1/C=C/N3. The predicted molar refractivity (Wildman–Crippen MR) is 187 cm³/mol. The maximum absolute atomic E-state index is 6.09. The molecule has 0 saturated heterocycles. The van der Waals surface area contributed by atoms with Crippen molar-refractivity contribution >= 4 is 50.6 Å². The molecule has 0 bridgehead atoms. The fourth-order valence-electron chi connectivity index (χ4n) is 7.29. The fourth-order valence-corrected chi connectivity index (χ4v) is 7.29. The van der Waals surface area contributed by atoms with E-state index in [1.807, 2.05) is 12.1 Å². The number of fused-ring (bicyclic) bond motifs is 7. The summed E-state index contributed by atoms with van der Waals surface area (Å²) < 4.78 is 6.09. The van der Waals surface area contributed by atoms with Crippen molar-refractivity contribution in [3.8, 4) is 11.1 Å². The molecule has 0 radical (unpaired) electrons. The predicted octanol–water partition coefficient (Wildman–Crippen LogP) is 11.3. The van der Waals surface area contributed by atoms with Crippen LogP contribution in [0.4, 0.5) is 17.1 Å². The Morgan fingerprint density at radius 1 is 0.689 bits per heavy atom. The summed E-state index contributed by atoms with van der Waals surface area (Å²) in [5.74, 6) is 0.556. The van der Waals surface area contributed by atoms with Crippen molar-refractivity contribution in [3.05, 3.63) is 162 Å². The number of hydrogen-bond acceptors (Lipinski definition) is 3. The molecule has 1 aromatic heterocycles. The van der Waals surface area contributed by atoms with Crippen molar-refractivity contribution in [2.24, 2.45) is 5.92 Å². The number of furan rings is 1. The van der Waals surface area contributed by atoms with Gasteiger partial charge in [0.2, 0.25) is 0 Å². The van der Waals surface area contributed by atoms with Gasteiger partial charge in [-0.2, -0.15) is 0 Å². The highest BCUT2D eigenvalue weighted by atomic mass is 16.3. The molecular weight excluding hydrogens is 548 g/mol. The monoisotopic (exact) mass is 580 g/mol. The van der Waals surface area contributed by atoms with Crippen LogP contribution < -0.4 is 10.2 Å². The van der Waals surface area contributed by atoms with E-state index in [0.717, 1.165) is 51.7 Å². The molecule has 1 aliphatic heterocycles. The lowest BCUT2D eigenvalue weighted by Crippen LogP contribution is -2.20. The Morgan fingerprint density at radius 3 is 2.40 bits per heavy atom. The first kappa shape index (κ1) is 25.9. The van der Waals surface area contributed by atoms with Gasteiger partial charge in [0.25, 0.3) is 0 Å². The Labute approximate surface area is 263 Å². The molecule has 0 saturated carbocycles. The largest absolute Gasteiger partial charge is 0.456 e. The van der Waals surface area contributed by atoms with Crippen LogP contribution in [0, 0.1) is 5.92 Å². The van der Waals surface area contributed by atoms with E-state index in [1.165, 1.54) is 45.6 Å². The maximum atomic E-state index is 6.09. The first-order valence-electron chi connectivity index (χ1n) is 15.8. The molecule has 45 heavy (non-hydrogen) atoms. The quantitative estimate of drug-likeness (QED) is 0.221. The molecule has 5 aromatic carbocycles. The maximum Gasteiger partial charge on any atom is 0.135 e. The smallest absolute Gasteiger partial charge is 0.135 e. The normalized spacial score (nSPS) is 18.0. The molecule has 0 fully saturated rings. The zero-order chi connectivity index (χ0) is 29.7. The van der Waals surface area contributed by atoms with Gasteiger partial charge in [-0.3, -0.25) is 0 Å². The standard InChI is InChI=1S/C42H32N2O/c1-2-11-31-27-38-36(25-30(31)10-1)34-12-4-7-15-40(34)44(39-14-6-3-9-29(39)23-24-43-38)33-20-17-28(18-21-33)32-19-22-42-37(26-32)35-13-5-8-16-41(35)45-42/h2-9,11-24,26-27,30,43H,1,10,25H2/b24-23+. The summed E-state index contributed by atoms with van der Waals surface area (Å²) in [6.45, 7) is 0. The summed E-state index contributed by atoms with van der Waals surface area (Å²) in [6.07, 6.45) is 14.7. The van der Waals surface area contributed by atoms with Crippen LogP contribution in [0.5, 0.6) is 0 Å². The van der Waals surface area contributed by atoms with Gasteiger partial charge in [-0.1, -0.05) is 84.9 Å². The van der Waals surface area contributed by atoms with Gasteiger partial charge in [-0.05, 0) is 108 Å². The van der Waals surface area contributed by atoms with E-state index in [4.69, 9.17) is 4.42 Å². The van der Waals surface area contributed by atoms with E-state index in [1.54, 1.807) is 0 Å². The first-order valence-corrected chi connectivity index (χ1v) is 15.8. The zero-order valence-corrected chi connectivity index (χ0v) is 24.9. The summed E-state index contributed by atoms with van der Waals surface area (Å²) in [6, 6.07) is 41.3. The second-order valence-electron chi connectivity index (χ2n) is 12.2. The minimum absolute atomic E-state index is 0.556. The Morgan fingerprint density at radius 2 is 1.47 bits per heavy atom. The van der Waals surface area contributed by atoms with Crippen LogP contribution in [0.15, 0.2) is 155 Å². The Bertz CT molecular complexity index is 2230. The van der Waals surface area contributed by atoms with E-state index in [-0.39, 0.29) is 0 Å². The van der Waals surface area contributed by atoms with Crippen molar-refractivity contribution in [2.45, 2.75) is 19.3 Å². The Hall–Kier alpha value is -5.54. The number of anilines is 3. The summed E-state index contributed by atoms with van der Waals surface area (Å²) in [5, 5.41) is 5.97. The van der Waals surface area contributed by atoms with Gasteiger partial charge in [0, 0.05) is 33.9 Å². The minimum atomic E-state index is 0.556. The van der Waals surface area contributed by atoms with Gasteiger partial charge in [0.1, 0.15) is 11.2 Å². The molecular formula is C42H32N2O. The first-order chi connectivity index (χ1) is 22.3. The van der Waals surface area contributed by atoms with Gasteiger partial charge in [0.15, 0.2) is 0 Å². The van der Waals surface area contributed by atoms with E-state index in [2.05, 4.69) is 144 Å². The lowest BCUT2D eigenvalue weighted by atomic mass is 9.77. The number of rotatable bonds is 2. The molecule has 0 spiro atoms. The lowest BCUT2D eigenvalue weighted by molar-refractivity contribution is 0.568. The van der Waals surface area contributed by atoms with Crippen molar-refractivity contribution in [2.75, 3.05) is 4.90 Å². The summed E-state index contributed by atoms with van der Waals surface area (Å²) >= 11 is 0. The summed E-state index contributed by atoms with van der Waals surface area (Å²) in [7, 11) is 0. The van der Waals surface area contributed by atoms with Crippen LogP contribution in [0.3, 0.4) is 0 Å². The molecule has 1 atom stereocenters. The number of benzene rings is 5. The highest BCUT2D eigenvalue weighted by Crippen LogP contribution is 2.46. The van der Waals surface area contributed by atoms with Crippen molar-refractivity contribution < 1.29 is 4.42 Å². The van der Waals surface area contributed by atoms with Gasteiger partial charge >= 0.3 is 0 Å². The van der Waals surface area contributed by atoms with Crippen molar-refractivity contribution in [3.63, 3.8) is 0 Å². The van der Waals surface area contributed by atoms with Crippen LogP contribution >= 0.6 is 0 Å². The second-order valence-corrected chi connectivity index (χ2v) is 12.2. The third-order valence-corrected chi connectivity index (χ3v) is 9.54. The Balaban J connectivity index is 1.18. The van der Waals surface area contributed by atoms with Crippen LogP contribution in [-0.4, -0.2) is 0 Å². The summed E-state index contributed by atoms with van der Waals surface area (Å²) in [4.78, 5) is 2.43. The van der Waals surface area contributed by atoms with Crippen molar-refractivity contribution in [1.82, 2.24) is 5.32 Å². The van der Waals surface area contributed by atoms with Crippen LogP contribution in [-0.2, 0) is 0 Å². The molecule has 3 nitrogen and oxygen atoms in total. The third-order valence-electron chi connectivity index (χ3n) is 9.54. The molecule has 216 valence electrons. The average Bonchev–Trinajstić information content (AvgIpc) is 3.47. The molecule has 9 rings (SSSR count). The van der Waals surface area contributed by atoms with Crippen LogP contribution in [0.1, 0.15) is 30.4 Å². The van der Waals surface area contributed by atoms with E-state index >= 15 is 0 Å². The molecule has 1 unspecified atom stereocenters. The molecule has 0 amide bonds. The zero-order valence-electron chi connectivity index (χ0n) is 24.9. The number of hydrogen-bond donors (Lipinski definition) is 1. The number of nitrogens with zero attached hydrogens (tertiary/aromatic N) is 1. The molecule has 3 aliphatic rings. The van der Waals surface area contributed by atoms with Gasteiger partial charge in [0.05, 0.1) is 11.4 Å². The summed E-state index contributed by atoms with van der Waals surface area (Å²) in [5.41, 5.74) is 14.1. The lowest BCUT2D eigenvalue weighted by Gasteiger charge is -2.34. The highest BCUT2D eigenvalue weighted by molar-refractivity contribution is 6.06. The molecule has 2 heterocycles. The second kappa shape index (κ2) is 10.6. The molecule has 1 N–H and O–H groups in total. The van der Waals surface area contributed by atoms with E-state index in [9.17, 15) is 0 Å². The third kappa shape index (κ3) is 4.43. The number of allylic oxidation sites excluding steroid dienone is 5. The average molecular weight is 581 g/mol. The molecule has 2 aliphatic carbocycles. The van der Waals surface area contributed by atoms with Gasteiger partial charge in [-0.15, -0.1) is 0 Å². The van der Waals surface area contributed by atoms with E-state index in [0.29, 0.717) is 5.92 Å². The molecule has 3 heteroatoms. The van der Waals surface area contributed by atoms with Crippen molar-refractivity contribution in [1.29, 1.82) is 0 Å². The van der Waals surface area contributed by atoms with Crippen LogP contribution in [0.2, 0.25) is 0 Å². The topological polar surface area (TPSA) is 28.4 Å². The number of nitrogens with one attached hydrogen (secondary N) is 1. The fraction of sp³-hybridized carbons (Fsp3) is 0.0952. The minimum Gasteiger partial charge on any atom is -0.456 e. The van der Waals surface area contributed by atoms with Crippen LogP contribution in [0.25, 0.3) is 44.7 Å². The molecule has 6 aromatic rings. The van der Waals surface area contributed by atoms with Gasteiger partial charge in [-0.25, -0.2) is 0 Å². The van der Waals surface area contributed by atoms with E-state index < -0.39 is 0 Å². The highest BCUT2D eigenvalue weighted by Gasteiger charge is 2.28. The van der Waals surface area contributed by atoms with Gasteiger partial charge < -0.3 is 14.6 Å². The Kier molecular flexibility index (Phi) is 6.09.